The highest BCUT2D eigenvalue weighted by Gasteiger charge is 2.21. The Morgan fingerprint density at radius 3 is 2.06 bits per heavy atom. The second-order valence-corrected chi connectivity index (χ2v) is 4.65. The number of benzene rings is 1. The van der Waals surface area contributed by atoms with E-state index in [-0.39, 0.29) is 23.7 Å². The van der Waals surface area contributed by atoms with Gasteiger partial charge in [0.2, 0.25) is 0 Å². The van der Waals surface area contributed by atoms with Crippen molar-refractivity contribution in [2.24, 2.45) is 5.73 Å². The van der Waals surface area contributed by atoms with Crippen molar-refractivity contribution in [1.82, 2.24) is 0 Å². The summed E-state index contributed by atoms with van der Waals surface area (Å²) in [5.41, 5.74) is 19.3. The molecule has 0 saturated heterocycles. The highest BCUT2D eigenvalue weighted by Crippen LogP contribution is 2.31. The number of anilines is 2. The molecule has 0 atom stereocenters. The quantitative estimate of drug-likeness (QED) is 0.343. The molecule has 1 aromatic rings. The smallest absolute Gasteiger partial charge is 0.125 e. The van der Waals surface area contributed by atoms with Crippen molar-refractivity contribution >= 4 is 29.6 Å². The largest absolute Gasteiger partial charge is 0.397 e. The Bertz CT molecular complexity index is 407. The second kappa shape index (κ2) is 4.61. The van der Waals surface area contributed by atoms with Crippen molar-refractivity contribution in [3.63, 3.8) is 0 Å². The Morgan fingerprint density at radius 2 is 1.69 bits per heavy atom. The minimum absolute atomic E-state index is 0. The average Bonchev–Trinajstić information content (AvgIpc) is 2.06. The van der Waals surface area contributed by atoms with Crippen LogP contribution in [-0.4, -0.2) is 5.84 Å². The van der Waals surface area contributed by atoms with E-state index >= 15 is 0 Å². The van der Waals surface area contributed by atoms with Crippen LogP contribution in [0.15, 0.2) is 12.1 Å². The van der Waals surface area contributed by atoms with Crippen LogP contribution in [0.3, 0.4) is 0 Å². The first-order chi connectivity index (χ1) is 6.75. The van der Waals surface area contributed by atoms with E-state index in [4.69, 9.17) is 22.6 Å². The van der Waals surface area contributed by atoms with E-state index in [1.165, 1.54) is 0 Å². The fourth-order valence-electron chi connectivity index (χ4n) is 1.55. The van der Waals surface area contributed by atoms with Crippen molar-refractivity contribution in [2.75, 3.05) is 11.5 Å². The Hall–Kier alpha value is -1.42. The summed E-state index contributed by atoms with van der Waals surface area (Å²) in [6.45, 7) is 6.14. The monoisotopic (exact) mass is 242 g/mol. The van der Waals surface area contributed by atoms with Crippen LogP contribution in [0.25, 0.3) is 0 Å². The van der Waals surface area contributed by atoms with Gasteiger partial charge >= 0.3 is 0 Å². The maximum absolute atomic E-state index is 7.54. The highest BCUT2D eigenvalue weighted by molar-refractivity contribution is 6.03. The van der Waals surface area contributed by atoms with Crippen LogP contribution >= 0.6 is 12.4 Å². The second-order valence-electron chi connectivity index (χ2n) is 4.65. The van der Waals surface area contributed by atoms with Gasteiger partial charge < -0.3 is 17.2 Å². The molecular weight excluding hydrogens is 224 g/mol. The lowest BCUT2D eigenvalue weighted by Gasteiger charge is -2.24. The van der Waals surface area contributed by atoms with E-state index < -0.39 is 0 Å². The average molecular weight is 243 g/mol. The lowest BCUT2D eigenvalue weighted by atomic mass is 9.82. The zero-order valence-electron chi connectivity index (χ0n) is 9.79. The molecular formula is C11H19ClN4. The highest BCUT2D eigenvalue weighted by atomic mass is 35.5. The van der Waals surface area contributed by atoms with Crippen LogP contribution in [0.2, 0.25) is 0 Å². The molecule has 16 heavy (non-hydrogen) atoms. The molecule has 0 spiro atoms. The molecule has 1 rings (SSSR count). The van der Waals surface area contributed by atoms with Crippen LogP contribution in [0, 0.1) is 5.41 Å². The number of hydrogen-bond acceptors (Lipinski definition) is 3. The third-order valence-electron chi connectivity index (χ3n) is 2.36. The fraction of sp³-hybridized carbons (Fsp3) is 0.364. The number of nitrogens with one attached hydrogen (secondary N) is 1. The van der Waals surface area contributed by atoms with Gasteiger partial charge in [0, 0.05) is 5.56 Å². The van der Waals surface area contributed by atoms with Crippen LogP contribution < -0.4 is 17.2 Å². The van der Waals surface area contributed by atoms with Crippen molar-refractivity contribution in [3.8, 4) is 0 Å². The van der Waals surface area contributed by atoms with E-state index in [1.807, 2.05) is 26.8 Å². The van der Waals surface area contributed by atoms with Gasteiger partial charge in [0.25, 0.3) is 0 Å². The van der Waals surface area contributed by atoms with Crippen molar-refractivity contribution in [1.29, 1.82) is 5.41 Å². The number of nitrogen functional groups attached to an aromatic ring is 3. The molecule has 90 valence electrons. The molecule has 4 nitrogen and oxygen atoms in total. The molecule has 0 unspecified atom stereocenters. The third kappa shape index (κ3) is 2.58. The van der Waals surface area contributed by atoms with Crippen LogP contribution in [0.5, 0.6) is 0 Å². The van der Waals surface area contributed by atoms with Gasteiger partial charge in [-0.1, -0.05) is 26.8 Å². The van der Waals surface area contributed by atoms with Crippen LogP contribution in [0.1, 0.15) is 31.9 Å². The SMILES string of the molecule is CC(C)(C)c1ccc(N)c(N)c1C(=N)N.Cl. The van der Waals surface area contributed by atoms with Crippen LogP contribution in [-0.2, 0) is 5.41 Å². The number of hydrogen-bond donors (Lipinski definition) is 4. The molecule has 7 N–H and O–H groups in total. The maximum atomic E-state index is 7.54. The van der Waals surface area contributed by atoms with Gasteiger partial charge in [-0.2, -0.15) is 0 Å². The van der Waals surface area contributed by atoms with Gasteiger partial charge in [0.05, 0.1) is 11.4 Å². The summed E-state index contributed by atoms with van der Waals surface area (Å²) in [5, 5.41) is 7.54. The van der Waals surface area contributed by atoms with E-state index in [1.54, 1.807) is 6.07 Å². The normalized spacial score (nSPS) is 10.7. The van der Waals surface area contributed by atoms with Crippen molar-refractivity contribution in [2.45, 2.75) is 26.2 Å². The lowest BCUT2D eigenvalue weighted by molar-refractivity contribution is 0.589. The summed E-state index contributed by atoms with van der Waals surface area (Å²) in [7, 11) is 0. The summed E-state index contributed by atoms with van der Waals surface area (Å²) < 4.78 is 0. The standard InChI is InChI=1S/C11H18N4.ClH/c1-11(2,3)6-4-5-7(12)9(13)8(6)10(14)15;/h4-5H,12-13H2,1-3H3,(H3,14,15);1H. The number of rotatable bonds is 1. The molecule has 5 heteroatoms. The molecule has 0 heterocycles. The molecule has 1 aromatic carbocycles. The molecule has 0 radical (unpaired) electrons. The maximum Gasteiger partial charge on any atom is 0.125 e. The Labute approximate surface area is 102 Å². The molecule has 0 fully saturated rings. The first kappa shape index (κ1) is 14.6. The lowest BCUT2D eigenvalue weighted by Crippen LogP contribution is -2.23. The van der Waals surface area contributed by atoms with E-state index in [2.05, 4.69) is 0 Å². The molecule has 0 saturated carbocycles. The predicted octanol–water partition coefficient (Wildman–Crippen LogP) is 1.85. The van der Waals surface area contributed by atoms with Crippen LogP contribution in [0.4, 0.5) is 11.4 Å². The van der Waals surface area contributed by atoms with Gasteiger partial charge in [-0.25, -0.2) is 0 Å². The first-order valence-corrected chi connectivity index (χ1v) is 4.78. The number of halogens is 1. The van der Waals surface area contributed by atoms with Crippen molar-refractivity contribution in [3.05, 3.63) is 23.3 Å². The van der Waals surface area contributed by atoms with Gasteiger partial charge in [0.1, 0.15) is 5.84 Å². The zero-order valence-corrected chi connectivity index (χ0v) is 10.6. The van der Waals surface area contributed by atoms with Gasteiger partial charge in [-0.3, -0.25) is 5.41 Å². The van der Waals surface area contributed by atoms with Gasteiger partial charge in [-0.05, 0) is 17.0 Å². The predicted molar refractivity (Wildman–Crippen MR) is 72.2 cm³/mol. The zero-order chi connectivity index (χ0) is 11.8. The molecule has 0 aliphatic rings. The summed E-state index contributed by atoms with van der Waals surface area (Å²) in [6.07, 6.45) is 0. The summed E-state index contributed by atoms with van der Waals surface area (Å²) in [5.74, 6) is -0.0373. The summed E-state index contributed by atoms with van der Waals surface area (Å²) in [4.78, 5) is 0. The molecule has 0 aliphatic heterocycles. The Morgan fingerprint density at radius 1 is 1.19 bits per heavy atom. The molecule has 0 aliphatic carbocycles. The van der Waals surface area contributed by atoms with E-state index in [0.717, 1.165) is 5.56 Å². The van der Waals surface area contributed by atoms with Gasteiger partial charge in [0.15, 0.2) is 0 Å². The Kier molecular flexibility index (Phi) is 4.21. The van der Waals surface area contributed by atoms with Gasteiger partial charge in [-0.15, -0.1) is 12.4 Å². The van der Waals surface area contributed by atoms with Crippen molar-refractivity contribution < 1.29 is 0 Å². The number of nitrogens with two attached hydrogens (primary N) is 3. The molecule has 0 bridgehead atoms. The number of amidine groups is 1. The Balaban J connectivity index is 0.00000225. The van der Waals surface area contributed by atoms with E-state index in [9.17, 15) is 0 Å². The van der Waals surface area contributed by atoms with E-state index in [0.29, 0.717) is 16.9 Å². The minimum atomic E-state index is -0.108. The summed E-state index contributed by atoms with van der Waals surface area (Å²) in [6, 6.07) is 3.63. The third-order valence-corrected chi connectivity index (χ3v) is 2.36. The topological polar surface area (TPSA) is 102 Å². The summed E-state index contributed by atoms with van der Waals surface area (Å²) >= 11 is 0. The fourth-order valence-corrected chi connectivity index (χ4v) is 1.55. The molecule has 0 amide bonds. The first-order valence-electron chi connectivity index (χ1n) is 4.78. The molecule has 0 aromatic heterocycles. The minimum Gasteiger partial charge on any atom is -0.397 e.